The first-order valence-corrected chi connectivity index (χ1v) is 5.71. The van der Waals surface area contributed by atoms with Gasteiger partial charge in [0.25, 0.3) is 0 Å². The Hall–Kier alpha value is -2.18. The molecule has 19 heavy (non-hydrogen) atoms. The van der Waals surface area contributed by atoms with Crippen LogP contribution in [0, 0.1) is 21.3 Å². The Morgan fingerprint density at radius 3 is 2.74 bits per heavy atom. The number of carboxylic acid groups (broad SMARTS) is 1. The lowest BCUT2D eigenvalue weighted by Gasteiger charge is -2.14. The van der Waals surface area contributed by atoms with Crippen molar-refractivity contribution < 1.29 is 24.0 Å². The Morgan fingerprint density at radius 2 is 2.21 bits per heavy atom. The molecule has 102 valence electrons. The van der Waals surface area contributed by atoms with Crippen LogP contribution >= 0.6 is 0 Å². The summed E-state index contributed by atoms with van der Waals surface area (Å²) in [6.07, 6.45) is 1.26. The highest BCUT2D eigenvalue weighted by Gasteiger charge is 2.45. The van der Waals surface area contributed by atoms with Gasteiger partial charge in [-0.15, -0.1) is 0 Å². The van der Waals surface area contributed by atoms with Crippen LogP contribution in [0.1, 0.15) is 19.3 Å². The Labute approximate surface area is 108 Å². The van der Waals surface area contributed by atoms with E-state index >= 15 is 0 Å². The second kappa shape index (κ2) is 4.83. The number of carbonyl (C=O) groups is 1. The van der Waals surface area contributed by atoms with E-state index in [2.05, 4.69) is 0 Å². The Bertz CT molecular complexity index is 527. The third-order valence-electron chi connectivity index (χ3n) is 3.15. The molecule has 1 fully saturated rings. The molecule has 1 aromatic rings. The molecule has 1 saturated carbocycles. The monoisotopic (exact) mass is 269 g/mol. The first-order valence-electron chi connectivity index (χ1n) is 5.71. The number of rotatable bonds is 6. The number of aliphatic carboxylic acids is 1. The minimum Gasteiger partial charge on any atom is -0.484 e. The molecule has 0 heterocycles. The van der Waals surface area contributed by atoms with Gasteiger partial charge in [-0.25, -0.2) is 4.39 Å². The van der Waals surface area contributed by atoms with Crippen LogP contribution in [-0.2, 0) is 4.79 Å². The van der Waals surface area contributed by atoms with Gasteiger partial charge >= 0.3 is 11.7 Å². The fourth-order valence-electron chi connectivity index (χ4n) is 1.88. The van der Waals surface area contributed by atoms with Crippen LogP contribution in [0.15, 0.2) is 18.2 Å². The van der Waals surface area contributed by atoms with Crippen molar-refractivity contribution in [2.24, 2.45) is 5.41 Å². The van der Waals surface area contributed by atoms with E-state index in [0.29, 0.717) is 12.8 Å². The molecule has 0 aliphatic heterocycles. The number of para-hydroxylation sites is 1. The minimum atomic E-state index is -0.955. The molecule has 0 saturated heterocycles. The fraction of sp³-hybridized carbons (Fsp3) is 0.417. The van der Waals surface area contributed by atoms with Gasteiger partial charge in [0.1, 0.15) is 0 Å². The topological polar surface area (TPSA) is 89.7 Å². The second-order valence-electron chi connectivity index (χ2n) is 4.70. The van der Waals surface area contributed by atoms with Crippen molar-refractivity contribution in [3.05, 3.63) is 34.1 Å². The zero-order valence-electron chi connectivity index (χ0n) is 9.97. The van der Waals surface area contributed by atoms with Crippen molar-refractivity contribution >= 4 is 11.7 Å². The van der Waals surface area contributed by atoms with Crippen LogP contribution in [0.3, 0.4) is 0 Å². The lowest BCUT2D eigenvalue weighted by molar-refractivity contribution is -0.386. The van der Waals surface area contributed by atoms with Crippen molar-refractivity contribution in [1.82, 2.24) is 0 Å². The van der Waals surface area contributed by atoms with Crippen LogP contribution in [0.25, 0.3) is 0 Å². The zero-order chi connectivity index (χ0) is 14.0. The Morgan fingerprint density at radius 1 is 1.53 bits per heavy atom. The van der Waals surface area contributed by atoms with E-state index in [-0.39, 0.29) is 13.0 Å². The summed E-state index contributed by atoms with van der Waals surface area (Å²) in [6, 6.07) is 3.44. The van der Waals surface area contributed by atoms with Gasteiger partial charge in [0, 0.05) is 11.5 Å². The maximum absolute atomic E-state index is 13.5. The molecule has 0 bridgehead atoms. The lowest BCUT2D eigenvalue weighted by atomic mass is 10.0. The number of benzene rings is 1. The Kier molecular flexibility index (Phi) is 3.37. The Balaban J connectivity index is 2.12. The quantitative estimate of drug-likeness (QED) is 0.632. The largest absolute Gasteiger partial charge is 0.484 e. The molecule has 1 aromatic carbocycles. The summed E-state index contributed by atoms with van der Waals surface area (Å²) in [4.78, 5) is 20.7. The first kappa shape index (κ1) is 13.3. The van der Waals surface area contributed by atoms with Gasteiger partial charge in [0.15, 0.2) is 5.82 Å². The minimum absolute atomic E-state index is 0.0267. The van der Waals surface area contributed by atoms with E-state index in [4.69, 9.17) is 9.84 Å². The fourth-order valence-corrected chi connectivity index (χ4v) is 1.88. The van der Waals surface area contributed by atoms with Crippen LogP contribution in [0.5, 0.6) is 5.75 Å². The summed E-state index contributed by atoms with van der Waals surface area (Å²) in [5.74, 6) is -2.20. The van der Waals surface area contributed by atoms with E-state index < -0.39 is 33.6 Å². The SMILES string of the molecule is O=C(O)CC1(COc2c(F)cccc2[N+](=O)[O-])CC1. The molecule has 0 radical (unpaired) electrons. The summed E-state index contributed by atoms with van der Waals surface area (Å²) < 4.78 is 18.7. The summed E-state index contributed by atoms with van der Waals surface area (Å²) >= 11 is 0. The van der Waals surface area contributed by atoms with Gasteiger partial charge in [-0.3, -0.25) is 14.9 Å². The van der Waals surface area contributed by atoms with Gasteiger partial charge < -0.3 is 9.84 Å². The van der Waals surface area contributed by atoms with Crippen molar-refractivity contribution in [3.63, 3.8) is 0 Å². The van der Waals surface area contributed by atoms with E-state index in [1.807, 2.05) is 0 Å². The van der Waals surface area contributed by atoms with Gasteiger partial charge in [-0.05, 0) is 18.9 Å². The first-order chi connectivity index (χ1) is 8.93. The van der Waals surface area contributed by atoms with E-state index in [1.54, 1.807) is 0 Å². The highest BCUT2D eigenvalue weighted by Crippen LogP contribution is 2.49. The molecule has 0 unspecified atom stereocenters. The normalized spacial score (nSPS) is 15.8. The van der Waals surface area contributed by atoms with Crippen LogP contribution < -0.4 is 4.74 Å². The molecule has 1 aliphatic rings. The molecule has 7 heteroatoms. The maximum atomic E-state index is 13.5. The molecule has 0 amide bonds. The predicted molar refractivity (Wildman–Crippen MR) is 62.5 cm³/mol. The van der Waals surface area contributed by atoms with E-state index in [9.17, 15) is 19.3 Å². The van der Waals surface area contributed by atoms with Gasteiger partial charge in [0.05, 0.1) is 18.0 Å². The second-order valence-corrected chi connectivity index (χ2v) is 4.70. The van der Waals surface area contributed by atoms with Crippen molar-refractivity contribution in [2.45, 2.75) is 19.3 Å². The molecular weight excluding hydrogens is 257 g/mol. The van der Waals surface area contributed by atoms with Gasteiger partial charge in [0.2, 0.25) is 5.75 Å². The average molecular weight is 269 g/mol. The maximum Gasteiger partial charge on any atom is 0.314 e. The molecule has 0 spiro atoms. The van der Waals surface area contributed by atoms with Gasteiger partial charge in [-0.2, -0.15) is 0 Å². The van der Waals surface area contributed by atoms with Crippen LogP contribution in [-0.4, -0.2) is 22.6 Å². The van der Waals surface area contributed by atoms with Crippen molar-refractivity contribution in [3.8, 4) is 5.75 Å². The van der Waals surface area contributed by atoms with E-state index in [1.165, 1.54) is 6.07 Å². The number of hydrogen-bond acceptors (Lipinski definition) is 4. The number of ether oxygens (including phenoxy) is 1. The summed E-state index contributed by atoms with van der Waals surface area (Å²) in [5, 5.41) is 19.5. The molecule has 1 N–H and O–H groups in total. The molecule has 6 nitrogen and oxygen atoms in total. The standard InChI is InChI=1S/C12H12FNO5/c13-8-2-1-3-9(14(17)18)11(8)19-7-12(4-5-12)6-10(15)16/h1-3H,4-7H2,(H,15,16). The molecule has 0 atom stereocenters. The molecule has 1 aliphatic carbocycles. The number of carboxylic acids is 1. The number of nitrogens with zero attached hydrogens (tertiary/aromatic N) is 1. The summed E-state index contributed by atoms with van der Waals surface area (Å²) in [6.45, 7) is -0.0267. The molecule has 0 aromatic heterocycles. The van der Waals surface area contributed by atoms with Crippen LogP contribution in [0.4, 0.5) is 10.1 Å². The molecule has 2 rings (SSSR count). The predicted octanol–water partition coefficient (Wildman–Crippen LogP) is 2.37. The molecular formula is C12H12FNO5. The number of nitro groups is 1. The summed E-state index contributed by atoms with van der Waals surface area (Å²) in [5.41, 5.74) is -0.965. The van der Waals surface area contributed by atoms with E-state index in [0.717, 1.165) is 12.1 Å². The number of nitro benzene ring substituents is 1. The third kappa shape index (κ3) is 2.98. The summed E-state index contributed by atoms with van der Waals surface area (Å²) in [7, 11) is 0. The highest BCUT2D eigenvalue weighted by molar-refractivity contribution is 5.68. The smallest absolute Gasteiger partial charge is 0.314 e. The third-order valence-corrected chi connectivity index (χ3v) is 3.15. The van der Waals surface area contributed by atoms with Crippen molar-refractivity contribution in [2.75, 3.05) is 6.61 Å². The van der Waals surface area contributed by atoms with Crippen molar-refractivity contribution in [1.29, 1.82) is 0 Å². The van der Waals surface area contributed by atoms with Gasteiger partial charge in [-0.1, -0.05) is 6.07 Å². The van der Waals surface area contributed by atoms with Crippen LogP contribution in [0.2, 0.25) is 0 Å². The average Bonchev–Trinajstić information content (AvgIpc) is 3.06. The lowest BCUT2D eigenvalue weighted by Crippen LogP contribution is -2.18. The zero-order valence-corrected chi connectivity index (χ0v) is 9.97. The number of hydrogen-bond donors (Lipinski definition) is 1. The highest BCUT2D eigenvalue weighted by atomic mass is 19.1. The number of halogens is 1.